The van der Waals surface area contributed by atoms with Gasteiger partial charge in [0.2, 0.25) is 15.9 Å². The number of fused-ring (bicyclic) bond motifs is 3. The minimum absolute atomic E-state index is 0.134. The van der Waals surface area contributed by atoms with Crippen LogP contribution in [0.3, 0.4) is 0 Å². The van der Waals surface area contributed by atoms with Gasteiger partial charge in [-0.3, -0.25) is 9.78 Å². The van der Waals surface area contributed by atoms with Gasteiger partial charge in [-0.05, 0) is 92.3 Å². The van der Waals surface area contributed by atoms with Crippen LogP contribution in [-0.4, -0.2) is 59.0 Å². The number of amides is 1. The lowest BCUT2D eigenvalue weighted by molar-refractivity contribution is 0.1000. The van der Waals surface area contributed by atoms with Crippen molar-refractivity contribution in [3.63, 3.8) is 0 Å². The fourth-order valence-corrected chi connectivity index (χ4v) is 8.39. The second kappa shape index (κ2) is 11.2. The van der Waals surface area contributed by atoms with E-state index in [0.29, 0.717) is 36.9 Å². The molecule has 3 aromatic heterocycles. The molecule has 6 rings (SSSR count). The number of sulfonamides is 1. The molecule has 3 N–H and O–H groups in total. The highest BCUT2D eigenvalue weighted by atomic mass is 32.2. The van der Waals surface area contributed by atoms with Crippen molar-refractivity contribution < 1.29 is 17.9 Å². The predicted octanol–water partition coefficient (Wildman–Crippen LogP) is 4.60. The number of nitrogens with one attached hydrogen (secondary N) is 1. The standard InChI is InChI=1S/C30H35N5O4S/c31-29(36)23-7-9-24(10-8-23)39-18-21-2-1-15-35(17-21)40(37,38)19-20-3-5-22(6-4-20)25-11-13-32-27-16-34-30-26(28(25)27)12-14-33-30/h7-14,16,20-22H,1-6,15,17-19H2,(H2,31,36)(H,33,34). The number of carbonyl (C=O) groups excluding carboxylic acids is 1. The average molecular weight is 562 g/mol. The third kappa shape index (κ3) is 5.55. The van der Waals surface area contributed by atoms with E-state index in [0.717, 1.165) is 60.5 Å². The summed E-state index contributed by atoms with van der Waals surface area (Å²) in [6.45, 7) is 1.50. The molecule has 10 heteroatoms. The lowest BCUT2D eigenvalue weighted by atomic mass is 9.78. The van der Waals surface area contributed by atoms with Gasteiger partial charge < -0.3 is 15.5 Å². The van der Waals surface area contributed by atoms with E-state index in [2.05, 4.69) is 27.1 Å². The Morgan fingerprint density at radius 1 is 1.02 bits per heavy atom. The minimum Gasteiger partial charge on any atom is -0.493 e. The molecule has 1 saturated heterocycles. The molecule has 0 spiro atoms. The molecular weight excluding hydrogens is 526 g/mol. The molecule has 1 unspecified atom stereocenters. The molecule has 0 bridgehead atoms. The molecule has 40 heavy (non-hydrogen) atoms. The topological polar surface area (TPSA) is 131 Å². The van der Waals surface area contributed by atoms with Crippen LogP contribution in [0.25, 0.3) is 21.9 Å². The zero-order valence-corrected chi connectivity index (χ0v) is 23.3. The molecule has 9 nitrogen and oxygen atoms in total. The molecule has 4 aromatic rings. The fraction of sp³-hybridized carbons (Fsp3) is 0.433. The third-order valence-electron chi connectivity index (χ3n) is 8.56. The summed E-state index contributed by atoms with van der Waals surface area (Å²) in [6, 6.07) is 10.9. The lowest BCUT2D eigenvalue weighted by Gasteiger charge is -2.34. The molecule has 4 heterocycles. The Kier molecular flexibility index (Phi) is 7.46. The van der Waals surface area contributed by atoms with Gasteiger partial charge >= 0.3 is 0 Å². The van der Waals surface area contributed by atoms with Crippen molar-refractivity contribution >= 4 is 37.9 Å². The summed E-state index contributed by atoms with van der Waals surface area (Å²) in [7, 11) is -3.35. The molecule has 1 aromatic carbocycles. The van der Waals surface area contributed by atoms with Crippen molar-refractivity contribution in [2.45, 2.75) is 44.4 Å². The molecule has 2 aliphatic rings. The summed E-state index contributed by atoms with van der Waals surface area (Å²) in [5.41, 5.74) is 8.79. The number of carbonyl (C=O) groups is 1. The monoisotopic (exact) mass is 561 g/mol. The van der Waals surface area contributed by atoms with Gasteiger partial charge in [-0.2, -0.15) is 0 Å². The van der Waals surface area contributed by atoms with Gasteiger partial charge in [0.1, 0.15) is 11.4 Å². The number of aromatic nitrogens is 3. The van der Waals surface area contributed by atoms with Gasteiger partial charge in [0, 0.05) is 47.7 Å². The van der Waals surface area contributed by atoms with Crippen molar-refractivity contribution in [1.29, 1.82) is 0 Å². The van der Waals surface area contributed by atoms with Crippen molar-refractivity contribution in [2.24, 2.45) is 17.6 Å². The minimum atomic E-state index is -3.35. The highest BCUT2D eigenvalue weighted by molar-refractivity contribution is 7.89. The number of nitrogens with zero attached hydrogens (tertiary/aromatic N) is 3. The third-order valence-corrected chi connectivity index (χ3v) is 10.6. The molecule has 1 saturated carbocycles. The number of hydrogen-bond acceptors (Lipinski definition) is 6. The van der Waals surface area contributed by atoms with E-state index in [1.807, 2.05) is 18.6 Å². The highest BCUT2D eigenvalue weighted by Gasteiger charge is 2.33. The Morgan fingerprint density at radius 2 is 1.82 bits per heavy atom. The summed E-state index contributed by atoms with van der Waals surface area (Å²) >= 11 is 0. The number of aromatic amines is 1. The molecule has 1 atom stereocenters. The van der Waals surface area contributed by atoms with Gasteiger partial charge in [-0.25, -0.2) is 17.7 Å². The first-order chi connectivity index (χ1) is 19.4. The summed E-state index contributed by atoms with van der Waals surface area (Å²) < 4.78 is 34.5. The molecule has 1 amide bonds. The number of benzene rings is 1. The van der Waals surface area contributed by atoms with Crippen LogP contribution in [0.1, 0.15) is 60.4 Å². The number of nitrogens with two attached hydrogens (primary N) is 1. The second-order valence-corrected chi connectivity index (χ2v) is 13.2. The second-order valence-electron chi connectivity index (χ2n) is 11.2. The van der Waals surface area contributed by atoms with Crippen LogP contribution in [0.2, 0.25) is 0 Å². The number of piperidine rings is 1. The molecule has 1 aliphatic heterocycles. The summed E-state index contributed by atoms with van der Waals surface area (Å²) in [5.74, 6) is 1.08. The smallest absolute Gasteiger partial charge is 0.248 e. The predicted molar refractivity (Wildman–Crippen MR) is 155 cm³/mol. The van der Waals surface area contributed by atoms with E-state index < -0.39 is 15.9 Å². The van der Waals surface area contributed by atoms with Crippen molar-refractivity contribution in [3.8, 4) is 5.75 Å². The first kappa shape index (κ1) is 26.7. The average Bonchev–Trinajstić information content (AvgIpc) is 3.46. The van der Waals surface area contributed by atoms with E-state index >= 15 is 0 Å². The highest BCUT2D eigenvalue weighted by Crippen LogP contribution is 2.40. The van der Waals surface area contributed by atoms with Crippen LogP contribution < -0.4 is 10.5 Å². The van der Waals surface area contributed by atoms with Crippen molar-refractivity contribution in [2.75, 3.05) is 25.4 Å². The Hall–Kier alpha value is -3.50. The van der Waals surface area contributed by atoms with E-state index in [4.69, 9.17) is 10.5 Å². The Bertz CT molecular complexity index is 1610. The number of rotatable bonds is 8. The zero-order valence-electron chi connectivity index (χ0n) is 22.5. The summed E-state index contributed by atoms with van der Waals surface area (Å²) in [4.78, 5) is 23.5. The summed E-state index contributed by atoms with van der Waals surface area (Å²) in [5, 5.41) is 2.26. The van der Waals surface area contributed by atoms with Crippen LogP contribution in [-0.2, 0) is 10.0 Å². The normalized spacial score (nSPS) is 22.4. The van der Waals surface area contributed by atoms with E-state index in [1.54, 1.807) is 28.6 Å². The zero-order chi connectivity index (χ0) is 27.7. The van der Waals surface area contributed by atoms with Crippen molar-refractivity contribution in [1.82, 2.24) is 19.3 Å². The first-order valence-corrected chi connectivity index (χ1v) is 15.7. The number of primary amides is 1. The van der Waals surface area contributed by atoms with Crippen LogP contribution in [0.5, 0.6) is 5.75 Å². The van der Waals surface area contributed by atoms with Gasteiger partial charge in [0.05, 0.1) is 24.1 Å². The fourth-order valence-electron chi connectivity index (χ4n) is 6.41. The maximum Gasteiger partial charge on any atom is 0.248 e. The Morgan fingerprint density at radius 3 is 2.60 bits per heavy atom. The maximum atomic E-state index is 13.4. The van der Waals surface area contributed by atoms with Gasteiger partial charge in [0.15, 0.2) is 0 Å². The van der Waals surface area contributed by atoms with Gasteiger partial charge in [0.25, 0.3) is 0 Å². The SMILES string of the molecule is NC(=O)c1ccc(OCC2CCCN(S(=O)(=O)CC3CCC(c4ccnc5cnc6[nH]ccc6c45)CC3)C2)cc1. The van der Waals surface area contributed by atoms with Crippen LogP contribution in [0.15, 0.2) is 55.0 Å². The number of hydrogen-bond donors (Lipinski definition) is 2. The summed E-state index contributed by atoms with van der Waals surface area (Å²) in [6.07, 6.45) is 11.1. The number of pyridine rings is 2. The Balaban J connectivity index is 1.05. The molecule has 0 radical (unpaired) electrons. The van der Waals surface area contributed by atoms with E-state index in [9.17, 15) is 13.2 Å². The molecule has 1 aliphatic carbocycles. The first-order valence-electron chi connectivity index (χ1n) is 14.1. The van der Waals surface area contributed by atoms with Crippen LogP contribution >= 0.6 is 0 Å². The van der Waals surface area contributed by atoms with E-state index in [-0.39, 0.29) is 17.6 Å². The van der Waals surface area contributed by atoms with Gasteiger partial charge in [-0.1, -0.05) is 0 Å². The van der Waals surface area contributed by atoms with E-state index in [1.165, 1.54) is 5.56 Å². The largest absolute Gasteiger partial charge is 0.493 e. The molecular formula is C30H35N5O4S. The lowest BCUT2D eigenvalue weighted by Crippen LogP contribution is -2.43. The number of H-pyrrole nitrogens is 1. The maximum absolute atomic E-state index is 13.4. The number of ether oxygens (including phenoxy) is 1. The van der Waals surface area contributed by atoms with Crippen LogP contribution in [0.4, 0.5) is 0 Å². The van der Waals surface area contributed by atoms with Crippen molar-refractivity contribution in [3.05, 3.63) is 66.1 Å². The molecule has 210 valence electrons. The molecule has 2 fully saturated rings. The quantitative estimate of drug-likeness (QED) is 0.323. The Labute approximate surface area is 234 Å². The van der Waals surface area contributed by atoms with Crippen LogP contribution in [0, 0.1) is 11.8 Å². The van der Waals surface area contributed by atoms with Gasteiger partial charge in [-0.15, -0.1) is 0 Å².